The number of benzene rings is 3. The highest BCUT2D eigenvalue weighted by molar-refractivity contribution is 7.90. The Balaban J connectivity index is 1.49. The van der Waals surface area contributed by atoms with E-state index < -0.39 is 39.5 Å². The number of halogens is 3. The molecule has 1 aromatic heterocycles. The molecule has 0 saturated heterocycles. The van der Waals surface area contributed by atoms with Crippen LogP contribution in [0.2, 0.25) is 0 Å². The molecule has 15 heteroatoms. The molecule has 0 aliphatic rings. The Bertz CT molecular complexity index is 2050. The summed E-state index contributed by atoms with van der Waals surface area (Å²) in [6.07, 6.45) is -2.37. The molecule has 0 aliphatic carbocycles. The number of carboxylic acid groups (broad SMARTS) is 1. The third-order valence-corrected chi connectivity index (χ3v) is 8.25. The van der Waals surface area contributed by atoms with Crippen molar-refractivity contribution in [1.29, 1.82) is 0 Å². The number of allylic oxidation sites excluding steroid dienone is 3. The zero-order valence-corrected chi connectivity index (χ0v) is 26.1. The van der Waals surface area contributed by atoms with E-state index >= 15 is 0 Å². The summed E-state index contributed by atoms with van der Waals surface area (Å²) in [6.45, 7) is 9.15. The monoisotopic (exact) mass is 679 g/mol. The Kier molecular flexibility index (Phi) is 10.4. The lowest BCUT2D eigenvalue weighted by Crippen LogP contribution is -2.30. The van der Waals surface area contributed by atoms with Crippen molar-refractivity contribution in [2.75, 3.05) is 0 Å². The molecule has 4 rings (SSSR count). The number of carbonyl (C=O) groups is 2. The number of hydrogen-bond donors (Lipinski definition) is 3. The van der Waals surface area contributed by atoms with E-state index in [-0.39, 0.29) is 46.1 Å². The molecule has 48 heavy (non-hydrogen) atoms. The maximum atomic E-state index is 13.5. The van der Waals surface area contributed by atoms with Gasteiger partial charge >= 0.3 is 12.1 Å². The average Bonchev–Trinajstić information content (AvgIpc) is 3.50. The highest BCUT2D eigenvalue weighted by Gasteiger charge is 2.35. The minimum Gasteiger partial charge on any atom is -0.507 e. The minimum absolute atomic E-state index is 0.0251. The van der Waals surface area contributed by atoms with E-state index in [9.17, 15) is 36.3 Å². The fraction of sp³-hybridized carbons (Fsp3) is 0.121. The van der Waals surface area contributed by atoms with Gasteiger partial charge in [-0.05, 0) is 73.5 Å². The van der Waals surface area contributed by atoms with Crippen molar-refractivity contribution in [3.8, 4) is 22.7 Å². The first-order valence-corrected chi connectivity index (χ1v) is 15.5. The molecular weight excluding hydrogens is 651 g/mol. The van der Waals surface area contributed by atoms with Crippen LogP contribution in [-0.2, 0) is 21.0 Å². The van der Waals surface area contributed by atoms with Crippen LogP contribution in [0.4, 0.5) is 18.9 Å². The number of carbonyl (C=O) groups excluding carboxylic acids is 1. The lowest BCUT2D eigenvalue weighted by atomic mass is 10.1. The number of alkyl halides is 3. The van der Waals surface area contributed by atoms with Gasteiger partial charge < -0.3 is 10.2 Å². The van der Waals surface area contributed by atoms with E-state index in [4.69, 9.17) is 5.11 Å². The molecule has 0 aliphatic heterocycles. The summed E-state index contributed by atoms with van der Waals surface area (Å²) in [4.78, 5) is 23.6. The zero-order valence-electron chi connectivity index (χ0n) is 25.3. The van der Waals surface area contributed by atoms with Crippen LogP contribution in [0.25, 0.3) is 16.9 Å². The number of sulfonamides is 1. The quantitative estimate of drug-likeness (QED) is 0.105. The third kappa shape index (κ3) is 8.30. The predicted molar refractivity (Wildman–Crippen MR) is 170 cm³/mol. The van der Waals surface area contributed by atoms with Crippen molar-refractivity contribution in [2.45, 2.75) is 30.8 Å². The fourth-order valence-electron chi connectivity index (χ4n) is 4.36. The number of nitrogens with one attached hydrogen (secondary N) is 1. The van der Waals surface area contributed by atoms with Crippen LogP contribution in [0, 0.1) is 6.92 Å². The van der Waals surface area contributed by atoms with Crippen molar-refractivity contribution >= 4 is 27.6 Å². The van der Waals surface area contributed by atoms with Gasteiger partial charge in [-0.15, -0.1) is 0 Å². The van der Waals surface area contributed by atoms with E-state index in [0.29, 0.717) is 11.1 Å². The number of hydrogen-bond acceptors (Lipinski definition) is 8. The van der Waals surface area contributed by atoms with Crippen LogP contribution in [0.1, 0.15) is 34.5 Å². The Morgan fingerprint density at radius 2 is 1.65 bits per heavy atom. The first-order chi connectivity index (χ1) is 22.6. The van der Waals surface area contributed by atoms with Gasteiger partial charge in [0, 0.05) is 12.0 Å². The molecule has 0 bridgehead atoms. The largest absolute Gasteiger partial charge is 0.507 e. The summed E-state index contributed by atoms with van der Waals surface area (Å²) < 4.78 is 69.6. The van der Waals surface area contributed by atoms with Crippen molar-refractivity contribution in [3.63, 3.8) is 0 Å². The van der Waals surface area contributed by atoms with Gasteiger partial charge in [-0.3, -0.25) is 4.79 Å². The van der Waals surface area contributed by atoms with Crippen LogP contribution in [0.5, 0.6) is 5.75 Å². The number of nitrogens with zero attached hydrogens (tertiary/aromatic N) is 4. The van der Waals surface area contributed by atoms with Crippen LogP contribution >= 0.6 is 0 Å². The van der Waals surface area contributed by atoms with Crippen LogP contribution < -0.4 is 4.72 Å². The van der Waals surface area contributed by atoms with Gasteiger partial charge in [0.25, 0.3) is 10.0 Å². The molecule has 0 unspecified atom stereocenters. The SMILES string of the molecule is C=C/C(CCC(=O)NS(=O)(=O)c1ccc(-n2nc(C(F)(F)F)cc2-c2ccc(C)cc2)cc1)=C(\C=C)N=Nc1ccc(O)c(C(=O)O)c1. The second-order valence-electron chi connectivity index (χ2n) is 10.2. The number of amides is 1. The fourth-order valence-corrected chi connectivity index (χ4v) is 5.37. The molecule has 3 aromatic carbocycles. The van der Waals surface area contributed by atoms with Crippen LogP contribution in [-0.4, -0.2) is 40.3 Å². The lowest BCUT2D eigenvalue weighted by Gasteiger charge is -2.11. The third-order valence-electron chi connectivity index (χ3n) is 6.86. The molecule has 11 nitrogen and oxygen atoms in total. The zero-order chi connectivity index (χ0) is 35.2. The topological polar surface area (TPSA) is 163 Å². The highest BCUT2D eigenvalue weighted by Crippen LogP contribution is 2.33. The normalized spacial score (nSPS) is 12.4. The van der Waals surface area contributed by atoms with Crippen molar-refractivity contribution in [2.24, 2.45) is 10.2 Å². The average molecular weight is 680 g/mol. The number of aromatic nitrogens is 2. The Morgan fingerprint density at radius 1 is 0.979 bits per heavy atom. The number of aromatic hydroxyl groups is 1. The second kappa shape index (κ2) is 14.3. The lowest BCUT2D eigenvalue weighted by molar-refractivity contribution is -0.141. The van der Waals surface area contributed by atoms with Gasteiger partial charge in [0.05, 0.1) is 27.7 Å². The Hall–Kier alpha value is -5.83. The summed E-state index contributed by atoms with van der Waals surface area (Å²) in [5, 5.41) is 30.5. The Morgan fingerprint density at radius 3 is 2.23 bits per heavy atom. The molecule has 3 N–H and O–H groups in total. The molecule has 4 aromatic rings. The minimum atomic E-state index is -4.72. The predicted octanol–water partition coefficient (Wildman–Crippen LogP) is 7.27. The molecule has 0 fully saturated rings. The summed E-state index contributed by atoms with van der Waals surface area (Å²) in [7, 11) is -4.37. The van der Waals surface area contributed by atoms with Crippen molar-refractivity contribution < 1.29 is 41.4 Å². The molecule has 0 spiro atoms. The van der Waals surface area contributed by atoms with E-state index in [2.05, 4.69) is 28.5 Å². The molecule has 1 amide bonds. The van der Waals surface area contributed by atoms with E-state index in [1.54, 1.807) is 24.3 Å². The summed E-state index contributed by atoms with van der Waals surface area (Å²) in [5.74, 6) is -2.68. The molecule has 0 atom stereocenters. The first-order valence-electron chi connectivity index (χ1n) is 14.0. The van der Waals surface area contributed by atoms with Gasteiger partial charge in [0.15, 0.2) is 5.69 Å². The number of aryl methyl sites for hydroxylation is 1. The molecule has 0 saturated carbocycles. The van der Waals surface area contributed by atoms with Gasteiger partial charge in [-0.2, -0.15) is 28.5 Å². The molecular formula is C33H28F3N5O6S. The van der Waals surface area contributed by atoms with Crippen molar-refractivity contribution in [3.05, 3.63) is 126 Å². The summed E-state index contributed by atoms with van der Waals surface area (Å²) in [6, 6.07) is 16.1. The van der Waals surface area contributed by atoms with Gasteiger partial charge in [-0.25, -0.2) is 22.6 Å². The van der Waals surface area contributed by atoms with E-state index in [1.165, 1.54) is 30.4 Å². The number of azo groups is 1. The maximum Gasteiger partial charge on any atom is 0.435 e. The highest BCUT2D eigenvalue weighted by atomic mass is 32.2. The van der Waals surface area contributed by atoms with Gasteiger partial charge in [0.2, 0.25) is 5.91 Å². The summed E-state index contributed by atoms with van der Waals surface area (Å²) >= 11 is 0. The smallest absolute Gasteiger partial charge is 0.435 e. The number of aromatic carboxylic acids is 1. The first kappa shape index (κ1) is 35.0. The molecule has 1 heterocycles. The van der Waals surface area contributed by atoms with Crippen LogP contribution in [0.15, 0.2) is 125 Å². The second-order valence-corrected chi connectivity index (χ2v) is 11.9. The van der Waals surface area contributed by atoms with E-state index in [1.807, 2.05) is 11.6 Å². The van der Waals surface area contributed by atoms with Gasteiger partial charge in [-0.1, -0.05) is 49.1 Å². The van der Waals surface area contributed by atoms with Crippen molar-refractivity contribution in [1.82, 2.24) is 14.5 Å². The van der Waals surface area contributed by atoms with Crippen LogP contribution in [0.3, 0.4) is 0 Å². The van der Waals surface area contributed by atoms with E-state index in [0.717, 1.165) is 40.6 Å². The number of carboxylic acids is 1. The molecule has 0 radical (unpaired) electrons. The maximum absolute atomic E-state index is 13.5. The molecule has 248 valence electrons. The Labute approximate surface area is 273 Å². The number of phenols is 1. The van der Waals surface area contributed by atoms with Gasteiger partial charge in [0.1, 0.15) is 11.3 Å². The standard InChI is InChI=1S/C33H28F3N5O6S/c1-4-21(27(5-2)38-37-23-11-16-29(42)26(18-23)32(44)45)10-17-31(43)40-48(46,47)25-14-12-24(13-15-25)41-28(19-30(39-41)33(34,35)36)22-8-6-20(3)7-9-22/h4-9,11-16,18-19,42H,1-2,10,17H2,3H3,(H,40,43)(H,44,45)/b27-21-,38-37?. The number of rotatable bonds is 12. The summed E-state index contributed by atoms with van der Waals surface area (Å²) in [5.41, 5.74) is 0.845.